The zero-order valence-corrected chi connectivity index (χ0v) is 14.4. The Bertz CT molecular complexity index is 873. The van der Waals surface area contributed by atoms with E-state index in [2.05, 4.69) is 5.32 Å². The summed E-state index contributed by atoms with van der Waals surface area (Å²) in [5.41, 5.74) is 2.21. The summed E-state index contributed by atoms with van der Waals surface area (Å²) in [6.45, 7) is 2.23. The molecule has 2 N–H and O–H groups in total. The lowest BCUT2D eigenvalue weighted by Gasteiger charge is -2.34. The Hall–Kier alpha value is -3.36. The summed E-state index contributed by atoms with van der Waals surface area (Å²) in [6, 6.07) is 4.77. The van der Waals surface area contributed by atoms with Crippen LogP contribution in [0.25, 0.3) is 0 Å². The molecule has 4 amide bonds. The number of amides is 4. The van der Waals surface area contributed by atoms with E-state index in [9.17, 15) is 19.2 Å². The Morgan fingerprint density at radius 3 is 2.52 bits per heavy atom. The molecule has 0 radical (unpaired) electrons. The van der Waals surface area contributed by atoms with Crippen molar-refractivity contribution in [3.8, 4) is 0 Å². The number of hydrogen-bond donors (Lipinski definition) is 2. The van der Waals surface area contributed by atoms with E-state index in [0.717, 1.165) is 11.3 Å². The van der Waals surface area contributed by atoms with Crippen LogP contribution in [0.4, 0.5) is 10.5 Å². The SMILES string of the molecule is O=C1C=CC(N2Cc3ccc(N4CCN(C(=O)O)CC4)cc3C2=O)C(=O)N1. The Morgan fingerprint density at radius 2 is 1.85 bits per heavy atom. The lowest BCUT2D eigenvalue weighted by Crippen LogP contribution is -2.50. The fourth-order valence-electron chi connectivity index (χ4n) is 3.64. The molecule has 1 unspecified atom stereocenters. The number of nitrogens with zero attached hydrogens (tertiary/aromatic N) is 3. The lowest BCUT2D eigenvalue weighted by atomic mass is 10.1. The van der Waals surface area contributed by atoms with Gasteiger partial charge in [-0.25, -0.2) is 4.79 Å². The Morgan fingerprint density at radius 1 is 1.11 bits per heavy atom. The topological polar surface area (TPSA) is 110 Å². The first kappa shape index (κ1) is 17.1. The van der Waals surface area contributed by atoms with Gasteiger partial charge in [-0.1, -0.05) is 6.07 Å². The van der Waals surface area contributed by atoms with Crippen LogP contribution in [-0.4, -0.2) is 70.9 Å². The minimum Gasteiger partial charge on any atom is -0.465 e. The summed E-state index contributed by atoms with van der Waals surface area (Å²) >= 11 is 0. The van der Waals surface area contributed by atoms with E-state index in [1.165, 1.54) is 22.0 Å². The van der Waals surface area contributed by atoms with Gasteiger partial charge in [-0.15, -0.1) is 0 Å². The maximum Gasteiger partial charge on any atom is 0.407 e. The molecule has 4 rings (SSSR count). The molecule has 0 saturated carbocycles. The molecule has 1 aromatic rings. The highest BCUT2D eigenvalue weighted by Gasteiger charge is 2.37. The van der Waals surface area contributed by atoms with Crippen molar-refractivity contribution in [3.63, 3.8) is 0 Å². The maximum atomic E-state index is 12.8. The van der Waals surface area contributed by atoms with Crippen molar-refractivity contribution in [1.82, 2.24) is 15.1 Å². The number of fused-ring (bicyclic) bond motifs is 1. The molecule has 3 aliphatic rings. The fourth-order valence-corrected chi connectivity index (χ4v) is 3.64. The van der Waals surface area contributed by atoms with Gasteiger partial charge >= 0.3 is 6.09 Å². The van der Waals surface area contributed by atoms with Gasteiger partial charge in [0.2, 0.25) is 5.91 Å². The number of nitrogens with one attached hydrogen (secondary N) is 1. The summed E-state index contributed by atoms with van der Waals surface area (Å²) in [4.78, 5) is 52.0. The fraction of sp³-hybridized carbons (Fsp3) is 0.333. The van der Waals surface area contributed by atoms with Crippen LogP contribution < -0.4 is 10.2 Å². The van der Waals surface area contributed by atoms with Crippen LogP contribution in [-0.2, 0) is 16.1 Å². The van der Waals surface area contributed by atoms with Crippen molar-refractivity contribution >= 4 is 29.5 Å². The lowest BCUT2D eigenvalue weighted by molar-refractivity contribution is -0.131. The summed E-state index contributed by atoms with van der Waals surface area (Å²) < 4.78 is 0. The first-order chi connectivity index (χ1) is 12.9. The number of hydrogen-bond acceptors (Lipinski definition) is 5. The quantitative estimate of drug-likeness (QED) is 0.711. The number of carboxylic acid groups (broad SMARTS) is 1. The van der Waals surface area contributed by atoms with Crippen LogP contribution in [0.5, 0.6) is 0 Å². The average molecular weight is 370 g/mol. The van der Waals surface area contributed by atoms with E-state index in [4.69, 9.17) is 5.11 Å². The molecule has 0 aromatic heterocycles. The van der Waals surface area contributed by atoms with Gasteiger partial charge in [0.15, 0.2) is 0 Å². The van der Waals surface area contributed by atoms with Gasteiger partial charge in [0.05, 0.1) is 0 Å². The Balaban J connectivity index is 1.52. The largest absolute Gasteiger partial charge is 0.465 e. The highest BCUT2D eigenvalue weighted by atomic mass is 16.4. The third-order valence-corrected chi connectivity index (χ3v) is 5.12. The van der Waals surface area contributed by atoms with E-state index in [1.54, 1.807) is 6.07 Å². The second-order valence-corrected chi connectivity index (χ2v) is 6.69. The van der Waals surface area contributed by atoms with Crippen LogP contribution in [0, 0.1) is 0 Å². The number of rotatable bonds is 2. The van der Waals surface area contributed by atoms with Crippen LogP contribution >= 0.6 is 0 Å². The highest BCUT2D eigenvalue weighted by molar-refractivity contribution is 6.09. The number of carbonyl (C=O) groups excluding carboxylic acids is 3. The molecule has 1 atom stereocenters. The van der Waals surface area contributed by atoms with Crippen molar-refractivity contribution in [2.45, 2.75) is 12.6 Å². The third kappa shape index (κ3) is 3.01. The van der Waals surface area contributed by atoms with Crippen molar-refractivity contribution < 1.29 is 24.3 Å². The van der Waals surface area contributed by atoms with Gasteiger partial charge in [-0.05, 0) is 23.8 Å². The molecule has 1 saturated heterocycles. The number of benzene rings is 1. The maximum absolute atomic E-state index is 12.8. The first-order valence-electron chi connectivity index (χ1n) is 8.64. The van der Waals surface area contributed by atoms with Crippen LogP contribution in [0.15, 0.2) is 30.4 Å². The van der Waals surface area contributed by atoms with Crippen molar-refractivity contribution in [2.75, 3.05) is 31.1 Å². The van der Waals surface area contributed by atoms with Crippen molar-refractivity contribution in [2.24, 2.45) is 0 Å². The second kappa shape index (κ2) is 6.42. The standard InChI is InChI=1S/C18H18N4O5/c23-15-4-3-14(16(24)19-15)22-10-11-1-2-12(9-13(11)17(22)25)20-5-7-21(8-6-20)18(26)27/h1-4,9,14H,5-8,10H2,(H,26,27)(H,19,23,24). The van der Waals surface area contributed by atoms with E-state index in [0.29, 0.717) is 38.3 Å². The number of imide groups is 1. The molecule has 140 valence electrons. The van der Waals surface area contributed by atoms with Crippen LogP contribution in [0.1, 0.15) is 15.9 Å². The minimum absolute atomic E-state index is 0.254. The Labute approximate surface area is 154 Å². The number of piperazine rings is 1. The average Bonchev–Trinajstić information content (AvgIpc) is 2.98. The third-order valence-electron chi connectivity index (χ3n) is 5.12. The predicted molar refractivity (Wildman–Crippen MR) is 94.2 cm³/mol. The van der Waals surface area contributed by atoms with Crippen LogP contribution in [0.3, 0.4) is 0 Å². The smallest absolute Gasteiger partial charge is 0.407 e. The van der Waals surface area contributed by atoms with Gasteiger partial charge < -0.3 is 19.8 Å². The zero-order valence-electron chi connectivity index (χ0n) is 14.4. The highest BCUT2D eigenvalue weighted by Crippen LogP contribution is 2.30. The number of anilines is 1. The molecule has 0 bridgehead atoms. The number of carbonyl (C=O) groups is 4. The molecule has 1 aromatic carbocycles. The molecular weight excluding hydrogens is 352 g/mol. The minimum atomic E-state index is -0.924. The summed E-state index contributed by atoms with van der Waals surface area (Å²) in [5, 5.41) is 11.3. The van der Waals surface area contributed by atoms with Crippen LogP contribution in [0.2, 0.25) is 0 Å². The van der Waals surface area contributed by atoms with Gasteiger partial charge in [-0.3, -0.25) is 19.7 Å². The molecule has 9 nitrogen and oxygen atoms in total. The molecule has 3 heterocycles. The summed E-state index contributed by atoms with van der Waals surface area (Å²) in [5.74, 6) is -1.24. The van der Waals surface area contributed by atoms with E-state index < -0.39 is 23.9 Å². The van der Waals surface area contributed by atoms with Gasteiger partial charge in [0.1, 0.15) is 6.04 Å². The predicted octanol–water partition coefficient (Wildman–Crippen LogP) is 0.0236. The first-order valence-corrected chi connectivity index (χ1v) is 8.64. The monoisotopic (exact) mass is 370 g/mol. The molecular formula is C18H18N4O5. The van der Waals surface area contributed by atoms with Gasteiger partial charge in [-0.2, -0.15) is 0 Å². The molecule has 3 aliphatic heterocycles. The van der Waals surface area contributed by atoms with Crippen molar-refractivity contribution in [1.29, 1.82) is 0 Å². The normalized spacial score (nSPS) is 22.1. The molecule has 27 heavy (non-hydrogen) atoms. The van der Waals surface area contributed by atoms with Crippen molar-refractivity contribution in [3.05, 3.63) is 41.5 Å². The van der Waals surface area contributed by atoms with E-state index in [1.807, 2.05) is 17.0 Å². The Kier molecular flexibility index (Phi) is 4.06. The molecule has 1 fully saturated rings. The van der Waals surface area contributed by atoms with Gasteiger partial charge in [0, 0.05) is 50.1 Å². The van der Waals surface area contributed by atoms with E-state index >= 15 is 0 Å². The summed E-state index contributed by atoms with van der Waals surface area (Å²) in [7, 11) is 0. The van der Waals surface area contributed by atoms with E-state index in [-0.39, 0.29) is 5.91 Å². The second-order valence-electron chi connectivity index (χ2n) is 6.69. The van der Waals surface area contributed by atoms with Gasteiger partial charge in [0.25, 0.3) is 11.8 Å². The molecule has 0 spiro atoms. The molecule has 9 heteroatoms. The summed E-state index contributed by atoms with van der Waals surface area (Å²) in [6.07, 6.45) is 1.78. The zero-order chi connectivity index (χ0) is 19.1. The molecule has 0 aliphatic carbocycles.